The van der Waals surface area contributed by atoms with Crippen LogP contribution in [0.25, 0.3) is 11.4 Å². The van der Waals surface area contributed by atoms with Gasteiger partial charge < -0.3 is 14.4 Å². The van der Waals surface area contributed by atoms with Crippen LogP contribution in [-0.4, -0.2) is 58.5 Å². The normalized spacial score (nSPS) is 18.7. The van der Waals surface area contributed by atoms with Crippen molar-refractivity contribution in [3.63, 3.8) is 0 Å². The number of likely N-dealkylation sites (tertiary alicyclic amines) is 1. The molecule has 1 fully saturated rings. The van der Waals surface area contributed by atoms with Gasteiger partial charge in [-0.3, -0.25) is 4.79 Å². The molecule has 5 heteroatoms. The molecule has 0 saturated carbocycles. The minimum Gasteiger partial charge on any atom is -0.337 e. The summed E-state index contributed by atoms with van der Waals surface area (Å²) in [7, 11) is 6.15. The molecule has 1 aromatic carbocycles. The number of aromatic nitrogens is 2. The first-order chi connectivity index (χ1) is 11.6. The number of hydrogen-bond donors (Lipinski definition) is 0. The summed E-state index contributed by atoms with van der Waals surface area (Å²) in [5.41, 5.74) is 1.65. The molecule has 0 radical (unpaired) electrons. The Morgan fingerprint density at radius 1 is 1.25 bits per heavy atom. The maximum absolute atomic E-state index is 13.2. The number of rotatable bonds is 3. The number of nitrogens with zero attached hydrogens (tertiary/aromatic N) is 4. The molecule has 1 aliphatic rings. The van der Waals surface area contributed by atoms with Crippen LogP contribution in [0.15, 0.2) is 36.7 Å². The van der Waals surface area contributed by atoms with E-state index in [1.165, 1.54) is 6.42 Å². The van der Waals surface area contributed by atoms with E-state index in [9.17, 15) is 4.79 Å². The van der Waals surface area contributed by atoms with Crippen molar-refractivity contribution in [3.05, 3.63) is 42.2 Å². The van der Waals surface area contributed by atoms with Gasteiger partial charge in [-0.15, -0.1) is 0 Å². The Morgan fingerprint density at radius 3 is 2.75 bits per heavy atom. The lowest BCUT2D eigenvalue weighted by molar-refractivity contribution is 0.0726. The lowest BCUT2D eigenvalue weighted by atomic mass is 10.0. The predicted octanol–water partition coefficient (Wildman–Crippen LogP) is 2.64. The molecule has 0 unspecified atom stereocenters. The molecule has 2 aromatic rings. The summed E-state index contributed by atoms with van der Waals surface area (Å²) < 4.78 is 1.96. The number of carbonyl (C=O) groups is 1. The van der Waals surface area contributed by atoms with Gasteiger partial charge in [0.05, 0.1) is 5.56 Å². The molecule has 1 aliphatic heterocycles. The highest BCUT2D eigenvalue weighted by Crippen LogP contribution is 2.24. The van der Waals surface area contributed by atoms with Gasteiger partial charge >= 0.3 is 0 Å². The molecule has 1 amide bonds. The number of imidazole rings is 1. The molecule has 128 valence electrons. The summed E-state index contributed by atoms with van der Waals surface area (Å²) in [6, 6.07) is 8.22. The lowest BCUT2D eigenvalue weighted by Crippen LogP contribution is -2.42. The van der Waals surface area contributed by atoms with E-state index in [2.05, 4.69) is 24.0 Å². The summed E-state index contributed by atoms with van der Waals surface area (Å²) in [6.07, 6.45) is 7.07. The number of aryl methyl sites for hydroxylation is 1. The Bertz CT molecular complexity index is 707. The lowest BCUT2D eigenvalue weighted by Gasteiger charge is -2.29. The molecule has 1 atom stereocenters. The van der Waals surface area contributed by atoms with Crippen LogP contribution in [0.2, 0.25) is 0 Å². The summed E-state index contributed by atoms with van der Waals surface area (Å²) in [4.78, 5) is 21.9. The van der Waals surface area contributed by atoms with Crippen molar-refractivity contribution >= 4 is 5.91 Å². The summed E-state index contributed by atoms with van der Waals surface area (Å²) in [6.45, 7) is 1.62. The standard InChI is InChI=1S/C19H26N4O/c1-21(2)15-8-6-7-12-23(14-15)19(24)17-10-5-4-9-16(17)18-20-11-13-22(18)3/h4-5,9-11,13,15H,6-8,12,14H2,1-3H3/t15-/m0/s1. The van der Waals surface area contributed by atoms with Gasteiger partial charge in [-0.05, 0) is 33.0 Å². The van der Waals surface area contributed by atoms with Crippen LogP contribution in [0.4, 0.5) is 0 Å². The van der Waals surface area contributed by atoms with Crippen molar-refractivity contribution < 1.29 is 4.79 Å². The third kappa shape index (κ3) is 3.36. The predicted molar refractivity (Wildman–Crippen MR) is 95.9 cm³/mol. The van der Waals surface area contributed by atoms with Crippen molar-refractivity contribution in [1.29, 1.82) is 0 Å². The molecule has 1 aromatic heterocycles. The minimum atomic E-state index is 0.113. The smallest absolute Gasteiger partial charge is 0.254 e. The fraction of sp³-hybridized carbons (Fsp3) is 0.474. The quantitative estimate of drug-likeness (QED) is 0.871. The zero-order valence-corrected chi connectivity index (χ0v) is 14.8. The van der Waals surface area contributed by atoms with E-state index in [4.69, 9.17) is 0 Å². The Morgan fingerprint density at radius 2 is 2.04 bits per heavy atom. The summed E-state index contributed by atoms with van der Waals surface area (Å²) >= 11 is 0. The average molecular weight is 326 g/mol. The molecular formula is C19H26N4O. The van der Waals surface area contributed by atoms with Crippen molar-refractivity contribution in [3.8, 4) is 11.4 Å². The average Bonchev–Trinajstić information content (AvgIpc) is 2.85. The van der Waals surface area contributed by atoms with Crippen LogP contribution in [0.3, 0.4) is 0 Å². The third-order valence-corrected chi connectivity index (χ3v) is 4.88. The van der Waals surface area contributed by atoms with E-state index < -0.39 is 0 Å². The van der Waals surface area contributed by atoms with E-state index in [-0.39, 0.29) is 5.91 Å². The number of carbonyl (C=O) groups excluding carboxylic acids is 1. The SMILES string of the molecule is CN(C)[C@H]1CCCCN(C(=O)c2ccccc2-c2nccn2C)C1. The molecule has 0 N–H and O–H groups in total. The van der Waals surface area contributed by atoms with Crippen LogP contribution in [-0.2, 0) is 7.05 Å². The monoisotopic (exact) mass is 326 g/mol. The number of benzene rings is 1. The van der Waals surface area contributed by atoms with Gasteiger partial charge in [-0.25, -0.2) is 4.98 Å². The zero-order valence-electron chi connectivity index (χ0n) is 14.8. The third-order valence-electron chi connectivity index (χ3n) is 4.88. The van der Waals surface area contributed by atoms with Gasteiger partial charge in [0, 0.05) is 44.1 Å². The second kappa shape index (κ2) is 7.18. The summed E-state index contributed by atoms with van der Waals surface area (Å²) in [5.74, 6) is 0.945. The number of amides is 1. The Hall–Kier alpha value is -2.14. The first-order valence-electron chi connectivity index (χ1n) is 8.60. The van der Waals surface area contributed by atoms with Crippen molar-refractivity contribution in [2.75, 3.05) is 27.2 Å². The van der Waals surface area contributed by atoms with Crippen LogP contribution in [0.5, 0.6) is 0 Å². The number of hydrogen-bond acceptors (Lipinski definition) is 3. The molecule has 5 nitrogen and oxygen atoms in total. The summed E-state index contributed by atoms with van der Waals surface area (Å²) in [5, 5.41) is 0. The fourth-order valence-corrected chi connectivity index (χ4v) is 3.39. The van der Waals surface area contributed by atoms with E-state index in [0.29, 0.717) is 6.04 Å². The van der Waals surface area contributed by atoms with E-state index in [0.717, 1.165) is 42.9 Å². The molecule has 0 bridgehead atoms. The maximum Gasteiger partial charge on any atom is 0.254 e. The highest BCUT2D eigenvalue weighted by Gasteiger charge is 2.26. The van der Waals surface area contributed by atoms with E-state index >= 15 is 0 Å². The number of likely N-dealkylation sites (N-methyl/N-ethyl adjacent to an activating group) is 1. The van der Waals surface area contributed by atoms with Gasteiger partial charge in [-0.2, -0.15) is 0 Å². The Balaban J connectivity index is 1.91. The van der Waals surface area contributed by atoms with Crippen molar-refractivity contribution in [1.82, 2.24) is 19.4 Å². The maximum atomic E-state index is 13.2. The zero-order chi connectivity index (χ0) is 17.1. The highest BCUT2D eigenvalue weighted by molar-refractivity contribution is 6.00. The van der Waals surface area contributed by atoms with Gasteiger partial charge in [0.25, 0.3) is 5.91 Å². The van der Waals surface area contributed by atoms with Crippen LogP contribution >= 0.6 is 0 Å². The van der Waals surface area contributed by atoms with Crippen molar-refractivity contribution in [2.24, 2.45) is 7.05 Å². The Labute approximate surface area is 143 Å². The minimum absolute atomic E-state index is 0.113. The Kier molecular flexibility index (Phi) is 5.00. The van der Waals surface area contributed by atoms with Crippen LogP contribution in [0, 0.1) is 0 Å². The largest absolute Gasteiger partial charge is 0.337 e. The van der Waals surface area contributed by atoms with E-state index in [1.807, 2.05) is 47.0 Å². The van der Waals surface area contributed by atoms with Gasteiger partial charge in [0.15, 0.2) is 0 Å². The second-order valence-electron chi connectivity index (χ2n) is 6.77. The van der Waals surface area contributed by atoms with E-state index in [1.54, 1.807) is 6.20 Å². The van der Waals surface area contributed by atoms with Gasteiger partial charge in [-0.1, -0.05) is 24.6 Å². The topological polar surface area (TPSA) is 41.4 Å². The molecular weight excluding hydrogens is 300 g/mol. The fourth-order valence-electron chi connectivity index (χ4n) is 3.39. The van der Waals surface area contributed by atoms with Crippen LogP contribution in [0.1, 0.15) is 29.6 Å². The highest BCUT2D eigenvalue weighted by atomic mass is 16.2. The first kappa shape index (κ1) is 16.7. The molecule has 2 heterocycles. The molecule has 24 heavy (non-hydrogen) atoms. The molecule has 0 aliphatic carbocycles. The van der Waals surface area contributed by atoms with Gasteiger partial charge in [0.2, 0.25) is 0 Å². The molecule has 3 rings (SSSR count). The van der Waals surface area contributed by atoms with Gasteiger partial charge in [0.1, 0.15) is 5.82 Å². The molecule has 1 saturated heterocycles. The van der Waals surface area contributed by atoms with Crippen LogP contribution < -0.4 is 0 Å². The molecule has 0 spiro atoms. The second-order valence-corrected chi connectivity index (χ2v) is 6.77. The first-order valence-corrected chi connectivity index (χ1v) is 8.60. The van der Waals surface area contributed by atoms with Crippen molar-refractivity contribution in [2.45, 2.75) is 25.3 Å².